The molecule has 1 amide bonds. The van der Waals surface area contributed by atoms with Crippen LogP contribution in [0.15, 0.2) is 53.6 Å². The highest BCUT2D eigenvalue weighted by atomic mass is 16.6. The Bertz CT molecular complexity index is 726. The molecule has 0 fully saturated rings. The number of nitrogens with zero attached hydrogens (tertiary/aromatic N) is 2. The van der Waals surface area contributed by atoms with Crippen molar-refractivity contribution in [3.63, 3.8) is 0 Å². The van der Waals surface area contributed by atoms with E-state index in [2.05, 4.69) is 10.5 Å². The first-order chi connectivity index (χ1) is 11.6. The zero-order chi connectivity index (χ0) is 17.4. The molecule has 0 heterocycles. The minimum Gasteiger partial charge on any atom is -0.497 e. The summed E-state index contributed by atoms with van der Waals surface area (Å²) in [5, 5.41) is 14.3. The van der Waals surface area contributed by atoms with Crippen molar-refractivity contribution in [1.82, 2.24) is 5.43 Å². The van der Waals surface area contributed by atoms with E-state index in [9.17, 15) is 14.9 Å². The van der Waals surface area contributed by atoms with Gasteiger partial charge in [-0.25, -0.2) is 5.43 Å². The van der Waals surface area contributed by atoms with Crippen molar-refractivity contribution < 1.29 is 19.2 Å². The summed E-state index contributed by atoms with van der Waals surface area (Å²) in [6.07, 6.45) is 1.38. The predicted octanol–water partition coefficient (Wildman–Crippen LogP) is 2.13. The zero-order valence-electron chi connectivity index (χ0n) is 12.8. The Morgan fingerprint density at radius 2 is 1.79 bits per heavy atom. The van der Waals surface area contributed by atoms with Crippen LogP contribution in [-0.2, 0) is 4.79 Å². The number of carbonyl (C=O) groups is 1. The second-order valence-electron chi connectivity index (χ2n) is 4.61. The third kappa shape index (κ3) is 5.09. The average molecular weight is 329 g/mol. The normalized spacial score (nSPS) is 10.4. The van der Waals surface area contributed by atoms with Crippen molar-refractivity contribution in [3.05, 3.63) is 64.2 Å². The van der Waals surface area contributed by atoms with Crippen LogP contribution in [0.4, 0.5) is 5.69 Å². The molecule has 0 unspecified atom stereocenters. The van der Waals surface area contributed by atoms with E-state index in [1.165, 1.54) is 30.5 Å². The summed E-state index contributed by atoms with van der Waals surface area (Å²) in [5.74, 6) is 0.800. The van der Waals surface area contributed by atoms with E-state index < -0.39 is 10.8 Å². The first-order valence-corrected chi connectivity index (χ1v) is 6.91. The number of rotatable bonds is 7. The molecule has 24 heavy (non-hydrogen) atoms. The number of hydrogen-bond donors (Lipinski definition) is 1. The predicted molar refractivity (Wildman–Crippen MR) is 87.3 cm³/mol. The second-order valence-corrected chi connectivity index (χ2v) is 4.61. The molecule has 2 rings (SSSR count). The number of non-ortho nitro benzene ring substituents is 1. The van der Waals surface area contributed by atoms with E-state index in [4.69, 9.17) is 9.47 Å². The molecule has 0 aliphatic heterocycles. The van der Waals surface area contributed by atoms with Gasteiger partial charge in [-0.2, -0.15) is 5.10 Å². The van der Waals surface area contributed by atoms with E-state index in [1.807, 2.05) is 0 Å². The van der Waals surface area contributed by atoms with Crippen LogP contribution >= 0.6 is 0 Å². The lowest BCUT2D eigenvalue weighted by atomic mass is 10.2. The van der Waals surface area contributed by atoms with Gasteiger partial charge in [0.1, 0.15) is 11.5 Å². The SMILES string of the molecule is COc1ccc(OCC(=O)NN=Cc2ccc([N+](=O)[O-])cc2)cc1. The maximum atomic E-state index is 11.6. The third-order valence-corrected chi connectivity index (χ3v) is 2.94. The summed E-state index contributed by atoms with van der Waals surface area (Å²) in [4.78, 5) is 21.7. The number of hydrazone groups is 1. The van der Waals surface area contributed by atoms with Crippen LogP contribution in [0.25, 0.3) is 0 Å². The lowest BCUT2D eigenvalue weighted by molar-refractivity contribution is -0.384. The van der Waals surface area contributed by atoms with Crippen molar-refractivity contribution in [2.75, 3.05) is 13.7 Å². The van der Waals surface area contributed by atoms with Gasteiger partial charge in [-0.15, -0.1) is 0 Å². The summed E-state index contributed by atoms with van der Waals surface area (Å²) in [7, 11) is 1.56. The number of carbonyl (C=O) groups excluding carboxylic acids is 1. The highest BCUT2D eigenvalue weighted by Gasteiger charge is 2.03. The van der Waals surface area contributed by atoms with Gasteiger partial charge in [0.05, 0.1) is 18.2 Å². The van der Waals surface area contributed by atoms with Gasteiger partial charge in [0.15, 0.2) is 6.61 Å². The van der Waals surface area contributed by atoms with Gasteiger partial charge in [0.2, 0.25) is 0 Å². The van der Waals surface area contributed by atoms with E-state index in [1.54, 1.807) is 31.4 Å². The Morgan fingerprint density at radius 3 is 2.38 bits per heavy atom. The molecule has 0 aromatic heterocycles. The summed E-state index contributed by atoms with van der Waals surface area (Å²) in [6, 6.07) is 12.6. The molecule has 0 spiro atoms. The molecule has 124 valence electrons. The molecule has 0 radical (unpaired) electrons. The van der Waals surface area contributed by atoms with Crippen molar-refractivity contribution in [3.8, 4) is 11.5 Å². The Labute approximate surface area is 137 Å². The van der Waals surface area contributed by atoms with Crippen LogP contribution in [0.3, 0.4) is 0 Å². The van der Waals surface area contributed by atoms with Crippen molar-refractivity contribution in [1.29, 1.82) is 0 Å². The van der Waals surface area contributed by atoms with Crippen LogP contribution in [0.2, 0.25) is 0 Å². The van der Waals surface area contributed by atoms with Gasteiger partial charge >= 0.3 is 0 Å². The topological polar surface area (TPSA) is 103 Å². The molecule has 0 aliphatic carbocycles. The third-order valence-electron chi connectivity index (χ3n) is 2.94. The van der Waals surface area contributed by atoms with E-state index in [0.29, 0.717) is 17.1 Å². The van der Waals surface area contributed by atoms with Gasteiger partial charge in [0.25, 0.3) is 11.6 Å². The molecule has 2 aromatic carbocycles. The highest BCUT2D eigenvalue weighted by molar-refractivity contribution is 5.83. The Kier molecular flexibility index (Phi) is 5.84. The zero-order valence-corrected chi connectivity index (χ0v) is 12.8. The van der Waals surface area contributed by atoms with Gasteiger partial charge < -0.3 is 9.47 Å². The van der Waals surface area contributed by atoms with Crippen LogP contribution in [0, 0.1) is 10.1 Å². The number of nitrogens with one attached hydrogen (secondary N) is 1. The Hall–Kier alpha value is -3.42. The minimum atomic E-state index is -0.487. The Balaban J connectivity index is 1.78. The first kappa shape index (κ1) is 16.9. The fourth-order valence-corrected chi connectivity index (χ4v) is 1.71. The molecule has 0 bridgehead atoms. The smallest absolute Gasteiger partial charge is 0.277 e. The fourth-order valence-electron chi connectivity index (χ4n) is 1.71. The van der Waals surface area contributed by atoms with E-state index in [0.717, 1.165) is 0 Å². The maximum Gasteiger partial charge on any atom is 0.277 e. The lowest BCUT2D eigenvalue weighted by Crippen LogP contribution is -2.24. The molecule has 8 nitrogen and oxygen atoms in total. The van der Waals surface area contributed by atoms with E-state index >= 15 is 0 Å². The van der Waals surface area contributed by atoms with Crippen molar-refractivity contribution in [2.24, 2.45) is 5.10 Å². The standard InChI is InChI=1S/C16H15N3O5/c1-23-14-6-8-15(9-7-14)24-11-16(20)18-17-10-12-2-4-13(5-3-12)19(21)22/h2-10H,11H2,1H3,(H,18,20). The van der Waals surface area contributed by atoms with Crippen LogP contribution in [-0.4, -0.2) is 30.8 Å². The molecular formula is C16H15N3O5. The number of amides is 1. The quantitative estimate of drug-likeness (QED) is 0.476. The molecular weight excluding hydrogens is 314 g/mol. The first-order valence-electron chi connectivity index (χ1n) is 6.91. The molecule has 0 atom stereocenters. The Morgan fingerprint density at radius 1 is 1.17 bits per heavy atom. The number of ether oxygens (including phenoxy) is 2. The van der Waals surface area contributed by atoms with Crippen molar-refractivity contribution in [2.45, 2.75) is 0 Å². The molecule has 1 N–H and O–H groups in total. The lowest BCUT2D eigenvalue weighted by Gasteiger charge is -2.05. The van der Waals surface area contributed by atoms with Crippen LogP contribution in [0.1, 0.15) is 5.56 Å². The summed E-state index contributed by atoms with van der Waals surface area (Å²) >= 11 is 0. The number of nitro benzene ring substituents is 1. The number of methoxy groups -OCH3 is 1. The molecule has 2 aromatic rings. The molecule has 8 heteroatoms. The van der Waals surface area contributed by atoms with Crippen LogP contribution in [0.5, 0.6) is 11.5 Å². The number of hydrogen-bond acceptors (Lipinski definition) is 6. The van der Waals surface area contributed by atoms with Gasteiger partial charge in [-0.1, -0.05) is 0 Å². The molecule has 0 saturated heterocycles. The minimum absolute atomic E-state index is 0.0101. The highest BCUT2D eigenvalue weighted by Crippen LogP contribution is 2.16. The van der Waals surface area contributed by atoms with Gasteiger partial charge in [-0.3, -0.25) is 14.9 Å². The van der Waals surface area contributed by atoms with Gasteiger partial charge in [-0.05, 0) is 42.0 Å². The number of nitro groups is 1. The maximum absolute atomic E-state index is 11.6. The number of benzene rings is 2. The van der Waals surface area contributed by atoms with Crippen molar-refractivity contribution >= 4 is 17.8 Å². The summed E-state index contributed by atoms with van der Waals surface area (Å²) in [5.41, 5.74) is 2.92. The van der Waals surface area contributed by atoms with E-state index in [-0.39, 0.29) is 12.3 Å². The largest absolute Gasteiger partial charge is 0.497 e. The fraction of sp³-hybridized carbons (Fsp3) is 0.125. The van der Waals surface area contributed by atoms with Gasteiger partial charge in [0, 0.05) is 12.1 Å². The molecule has 0 saturated carbocycles. The van der Waals surface area contributed by atoms with Crippen LogP contribution < -0.4 is 14.9 Å². The summed E-state index contributed by atoms with van der Waals surface area (Å²) < 4.78 is 10.3. The average Bonchev–Trinajstić information content (AvgIpc) is 2.61. The second kappa shape index (κ2) is 8.28. The monoisotopic (exact) mass is 329 g/mol. The summed E-state index contributed by atoms with van der Waals surface area (Å²) in [6.45, 7) is -0.191. The molecule has 0 aliphatic rings.